The molecule has 4 nitrogen and oxygen atoms in total. The molecule has 1 saturated heterocycles. The molecule has 15 heavy (non-hydrogen) atoms. The molecule has 0 aromatic rings. The number of ether oxygens (including phenoxy) is 2. The van der Waals surface area contributed by atoms with Gasteiger partial charge in [-0.25, -0.2) is 0 Å². The number of rotatable bonds is 7. The lowest BCUT2D eigenvalue weighted by atomic mass is 10.2. The molecular formula is C11H23NO3. The number of unbranched alkanes of at least 4 members (excludes halogenated alkanes) is 1. The topological polar surface area (TPSA) is 41.9 Å². The molecule has 0 aliphatic carbocycles. The molecule has 0 saturated carbocycles. The SMILES string of the molecule is CCCCN(CCO)CC1CCOCO1. The summed E-state index contributed by atoms with van der Waals surface area (Å²) in [6.45, 7) is 6.36. The summed E-state index contributed by atoms with van der Waals surface area (Å²) < 4.78 is 10.6. The van der Waals surface area contributed by atoms with Crippen LogP contribution in [0.1, 0.15) is 26.2 Å². The minimum Gasteiger partial charge on any atom is -0.395 e. The van der Waals surface area contributed by atoms with Gasteiger partial charge in [-0.1, -0.05) is 13.3 Å². The van der Waals surface area contributed by atoms with Crippen molar-refractivity contribution in [2.24, 2.45) is 0 Å². The fourth-order valence-electron chi connectivity index (χ4n) is 1.75. The molecule has 4 heteroatoms. The summed E-state index contributed by atoms with van der Waals surface area (Å²) >= 11 is 0. The van der Waals surface area contributed by atoms with Crippen molar-refractivity contribution in [2.45, 2.75) is 32.3 Å². The van der Waals surface area contributed by atoms with Gasteiger partial charge in [0, 0.05) is 13.1 Å². The maximum atomic E-state index is 8.96. The molecule has 1 N–H and O–H groups in total. The average molecular weight is 217 g/mol. The van der Waals surface area contributed by atoms with Crippen LogP contribution in [0.25, 0.3) is 0 Å². The lowest BCUT2D eigenvalue weighted by Crippen LogP contribution is -2.39. The lowest BCUT2D eigenvalue weighted by Gasteiger charge is -2.29. The molecule has 1 atom stereocenters. The lowest BCUT2D eigenvalue weighted by molar-refractivity contribution is -0.144. The first-order chi connectivity index (χ1) is 7.36. The molecule has 1 heterocycles. The fourth-order valence-corrected chi connectivity index (χ4v) is 1.75. The van der Waals surface area contributed by atoms with E-state index in [1.807, 2.05) is 0 Å². The van der Waals surface area contributed by atoms with Gasteiger partial charge in [0.2, 0.25) is 0 Å². The van der Waals surface area contributed by atoms with Crippen molar-refractivity contribution in [1.82, 2.24) is 4.90 Å². The Morgan fingerprint density at radius 3 is 2.87 bits per heavy atom. The van der Waals surface area contributed by atoms with Gasteiger partial charge < -0.3 is 14.6 Å². The van der Waals surface area contributed by atoms with E-state index in [0.717, 1.165) is 32.7 Å². The van der Waals surface area contributed by atoms with E-state index in [0.29, 0.717) is 6.79 Å². The third-order valence-electron chi connectivity index (χ3n) is 2.68. The second-order valence-electron chi connectivity index (χ2n) is 3.98. The van der Waals surface area contributed by atoms with Crippen molar-refractivity contribution in [3.63, 3.8) is 0 Å². The first-order valence-corrected chi connectivity index (χ1v) is 5.89. The highest BCUT2D eigenvalue weighted by Gasteiger charge is 2.17. The van der Waals surface area contributed by atoms with E-state index in [-0.39, 0.29) is 12.7 Å². The van der Waals surface area contributed by atoms with Gasteiger partial charge in [-0.3, -0.25) is 4.90 Å². The number of nitrogens with zero attached hydrogens (tertiary/aromatic N) is 1. The molecule has 0 amide bonds. The van der Waals surface area contributed by atoms with Crippen LogP contribution in [0.2, 0.25) is 0 Å². The summed E-state index contributed by atoms with van der Waals surface area (Å²) in [7, 11) is 0. The van der Waals surface area contributed by atoms with E-state index in [9.17, 15) is 0 Å². The van der Waals surface area contributed by atoms with Crippen molar-refractivity contribution in [2.75, 3.05) is 39.6 Å². The Kier molecular flexibility index (Phi) is 6.92. The molecular weight excluding hydrogens is 194 g/mol. The zero-order chi connectivity index (χ0) is 10.9. The first-order valence-electron chi connectivity index (χ1n) is 5.89. The molecule has 1 unspecified atom stereocenters. The summed E-state index contributed by atoms with van der Waals surface area (Å²) in [5.41, 5.74) is 0. The average Bonchev–Trinajstić information content (AvgIpc) is 2.28. The summed E-state index contributed by atoms with van der Waals surface area (Å²) in [4.78, 5) is 2.28. The van der Waals surface area contributed by atoms with E-state index >= 15 is 0 Å². The monoisotopic (exact) mass is 217 g/mol. The maximum Gasteiger partial charge on any atom is 0.147 e. The molecule has 0 radical (unpaired) electrons. The summed E-state index contributed by atoms with van der Waals surface area (Å²) in [5, 5.41) is 8.96. The molecule has 90 valence electrons. The summed E-state index contributed by atoms with van der Waals surface area (Å²) in [6, 6.07) is 0. The minimum atomic E-state index is 0.229. The van der Waals surface area contributed by atoms with Crippen LogP contribution < -0.4 is 0 Å². The molecule has 0 aromatic heterocycles. The Morgan fingerprint density at radius 1 is 1.40 bits per heavy atom. The van der Waals surface area contributed by atoms with Gasteiger partial charge in [-0.15, -0.1) is 0 Å². The van der Waals surface area contributed by atoms with Crippen LogP contribution >= 0.6 is 0 Å². The second-order valence-corrected chi connectivity index (χ2v) is 3.98. The normalized spacial score (nSPS) is 22.2. The maximum absolute atomic E-state index is 8.96. The predicted molar refractivity (Wildman–Crippen MR) is 58.7 cm³/mol. The van der Waals surface area contributed by atoms with Crippen LogP contribution in [0.5, 0.6) is 0 Å². The van der Waals surface area contributed by atoms with Gasteiger partial charge in [-0.2, -0.15) is 0 Å². The van der Waals surface area contributed by atoms with Crippen molar-refractivity contribution in [3.8, 4) is 0 Å². The third-order valence-corrected chi connectivity index (χ3v) is 2.68. The number of aliphatic hydroxyl groups is 1. The van der Waals surface area contributed by atoms with Crippen LogP contribution in [0.15, 0.2) is 0 Å². The van der Waals surface area contributed by atoms with Crippen molar-refractivity contribution >= 4 is 0 Å². The van der Waals surface area contributed by atoms with Crippen LogP contribution in [-0.4, -0.2) is 55.8 Å². The van der Waals surface area contributed by atoms with Crippen LogP contribution in [0, 0.1) is 0 Å². The molecule has 0 aromatic carbocycles. The third kappa shape index (κ3) is 5.47. The zero-order valence-electron chi connectivity index (χ0n) is 9.65. The van der Waals surface area contributed by atoms with E-state index in [1.165, 1.54) is 12.8 Å². The summed E-state index contributed by atoms with van der Waals surface area (Å²) in [6.07, 6.45) is 3.62. The van der Waals surface area contributed by atoms with Crippen molar-refractivity contribution < 1.29 is 14.6 Å². The molecule has 1 rings (SSSR count). The van der Waals surface area contributed by atoms with Gasteiger partial charge in [0.25, 0.3) is 0 Å². The quantitative estimate of drug-likeness (QED) is 0.686. The Bertz CT molecular complexity index is 149. The number of hydrogen-bond acceptors (Lipinski definition) is 4. The van der Waals surface area contributed by atoms with Crippen LogP contribution in [0.4, 0.5) is 0 Å². The standard InChI is InChI=1S/C11H23NO3/c1-2-3-5-12(6-7-13)9-11-4-8-14-10-15-11/h11,13H,2-10H2,1H3. The fraction of sp³-hybridized carbons (Fsp3) is 1.00. The van der Waals surface area contributed by atoms with E-state index < -0.39 is 0 Å². The second kappa shape index (κ2) is 8.05. The smallest absolute Gasteiger partial charge is 0.147 e. The highest BCUT2D eigenvalue weighted by molar-refractivity contribution is 4.67. The van der Waals surface area contributed by atoms with E-state index in [2.05, 4.69) is 11.8 Å². The molecule has 0 bridgehead atoms. The zero-order valence-corrected chi connectivity index (χ0v) is 9.65. The van der Waals surface area contributed by atoms with Crippen molar-refractivity contribution in [1.29, 1.82) is 0 Å². The first kappa shape index (κ1) is 12.9. The number of hydrogen-bond donors (Lipinski definition) is 1. The van der Waals surface area contributed by atoms with Gasteiger partial charge in [0.15, 0.2) is 0 Å². The van der Waals surface area contributed by atoms with Crippen LogP contribution in [0.3, 0.4) is 0 Å². The predicted octanol–water partition coefficient (Wildman–Crippen LogP) is 0.844. The Labute approximate surface area is 92.2 Å². The van der Waals surface area contributed by atoms with Gasteiger partial charge in [0.1, 0.15) is 6.79 Å². The Hall–Kier alpha value is -0.160. The van der Waals surface area contributed by atoms with Gasteiger partial charge in [-0.05, 0) is 19.4 Å². The molecule has 1 fully saturated rings. The van der Waals surface area contributed by atoms with E-state index in [1.54, 1.807) is 0 Å². The number of aliphatic hydroxyl groups excluding tert-OH is 1. The largest absolute Gasteiger partial charge is 0.395 e. The van der Waals surface area contributed by atoms with Crippen molar-refractivity contribution in [3.05, 3.63) is 0 Å². The molecule has 1 aliphatic rings. The molecule has 1 aliphatic heterocycles. The summed E-state index contributed by atoms with van der Waals surface area (Å²) in [5.74, 6) is 0. The molecule has 0 spiro atoms. The Balaban J connectivity index is 2.21. The van der Waals surface area contributed by atoms with Gasteiger partial charge in [0.05, 0.1) is 19.3 Å². The highest BCUT2D eigenvalue weighted by atomic mass is 16.7. The van der Waals surface area contributed by atoms with Crippen LogP contribution in [-0.2, 0) is 9.47 Å². The highest BCUT2D eigenvalue weighted by Crippen LogP contribution is 2.08. The van der Waals surface area contributed by atoms with E-state index in [4.69, 9.17) is 14.6 Å². The van der Waals surface area contributed by atoms with Gasteiger partial charge >= 0.3 is 0 Å². The Morgan fingerprint density at radius 2 is 2.27 bits per heavy atom. The minimum absolute atomic E-state index is 0.229.